The minimum absolute atomic E-state index is 0.614. The minimum atomic E-state index is 0.614. The Kier molecular flexibility index (Phi) is 3.16. The Morgan fingerprint density at radius 1 is 1.55 bits per heavy atom. The SMILES string of the molecule is CN(C=NN)C1CCNCC1. The fourth-order valence-electron chi connectivity index (χ4n) is 1.41. The quantitative estimate of drug-likeness (QED) is 0.247. The molecule has 0 aromatic heterocycles. The van der Waals surface area contributed by atoms with E-state index in [-0.39, 0.29) is 0 Å². The van der Waals surface area contributed by atoms with Gasteiger partial charge in [0.1, 0.15) is 6.34 Å². The van der Waals surface area contributed by atoms with Crippen LogP contribution in [0.25, 0.3) is 0 Å². The van der Waals surface area contributed by atoms with E-state index in [9.17, 15) is 0 Å². The highest BCUT2D eigenvalue weighted by Gasteiger charge is 2.14. The number of nitrogens with zero attached hydrogens (tertiary/aromatic N) is 2. The van der Waals surface area contributed by atoms with Gasteiger partial charge in [0.05, 0.1) is 0 Å². The van der Waals surface area contributed by atoms with Gasteiger partial charge in [0.2, 0.25) is 0 Å². The van der Waals surface area contributed by atoms with Gasteiger partial charge in [0.15, 0.2) is 0 Å². The van der Waals surface area contributed by atoms with Crippen molar-refractivity contribution < 1.29 is 0 Å². The van der Waals surface area contributed by atoms with E-state index in [4.69, 9.17) is 5.84 Å². The molecular weight excluding hydrogens is 140 g/mol. The van der Waals surface area contributed by atoms with E-state index in [0.717, 1.165) is 13.1 Å². The zero-order valence-corrected chi connectivity index (χ0v) is 6.95. The maximum Gasteiger partial charge on any atom is 0.111 e. The molecule has 1 saturated heterocycles. The van der Waals surface area contributed by atoms with Gasteiger partial charge in [-0.25, -0.2) is 0 Å². The molecule has 1 rings (SSSR count). The summed E-state index contributed by atoms with van der Waals surface area (Å²) in [6.45, 7) is 2.21. The Hall–Kier alpha value is -0.770. The van der Waals surface area contributed by atoms with Crippen LogP contribution in [0.3, 0.4) is 0 Å². The van der Waals surface area contributed by atoms with E-state index < -0.39 is 0 Å². The second-order valence-electron chi connectivity index (χ2n) is 2.91. The van der Waals surface area contributed by atoms with Gasteiger partial charge in [-0.15, -0.1) is 0 Å². The predicted molar refractivity (Wildman–Crippen MR) is 46.3 cm³/mol. The highest BCUT2D eigenvalue weighted by Crippen LogP contribution is 2.07. The molecule has 1 heterocycles. The number of piperidine rings is 1. The van der Waals surface area contributed by atoms with Crippen LogP contribution in [0.5, 0.6) is 0 Å². The fraction of sp³-hybridized carbons (Fsp3) is 0.857. The summed E-state index contributed by atoms with van der Waals surface area (Å²) in [6.07, 6.45) is 4.06. The van der Waals surface area contributed by atoms with E-state index in [1.807, 2.05) is 7.05 Å². The lowest BCUT2D eigenvalue weighted by atomic mass is 10.1. The van der Waals surface area contributed by atoms with Crippen LogP contribution in [0, 0.1) is 0 Å². The average molecular weight is 156 g/mol. The Morgan fingerprint density at radius 2 is 2.18 bits per heavy atom. The number of nitrogens with two attached hydrogens (primary N) is 1. The van der Waals surface area contributed by atoms with Crippen molar-refractivity contribution in [1.82, 2.24) is 10.2 Å². The van der Waals surface area contributed by atoms with Crippen LogP contribution in [-0.4, -0.2) is 37.4 Å². The maximum atomic E-state index is 5.05. The standard InChI is InChI=1S/C7H16N4/c1-11(6-10-8)7-2-4-9-5-3-7/h6-7,9H,2-5,8H2,1H3. The van der Waals surface area contributed by atoms with Gasteiger partial charge in [-0.3, -0.25) is 0 Å². The first-order valence-corrected chi connectivity index (χ1v) is 4.00. The number of nitrogens with one attached hydrogen (secondary N) is 1. The van der Waals surface area contributed by atoms with Crippen LogP contribution >= 0.6 is 0 Å². The average Bonchev–Trinajstić information content (AvgIpc) is 2.07. The molecule has 0 unspecified atom stereocenters. The smallest absolute Gasteiger partial charge is 0.111 e. The van der Waals surface area contributed by atoms with Crippen molar-refractivity contribution in [2.45, 2.75) is 18.9 Å². The summed E-state index contributed by atoms with van der Waals surface area (Å²) >= 11 is 0. The van der Waals surface area contributed by atoms with Gasteiger partial charge < -0.3 is 16.1 Å². The predicted octanol–water partition coefficient (Wildman–Crippen LogP) is -0.428. The van der Waals surface area contributed by atoms with Crippen molar-refractivity contribution in [2.24, 2.45) is 10.9 Å². The first kappa shape index (κ1) is 8.33. The molecule has 0 saturated carbocycles. The van der Waals surface area contributed by atoms with Gasteiger partial charge in [-0.2, -0.15) is 5.10 Å². The number of rotatable bonds is 2. The van der Waals surface area contributed by atoms with Crippen LogP contribution in [0.1, 0.15) is 12.8 Å². The molecule has 11 heavy (non-hydrogen) atoms. The number of hydrogen-bond acceptors (Lipinski definition) is 3. The second kappa shape index (κ2) is 4.18. The van der Waals surface area contributed by atoms with Crippen molar-refractivity contribution in [1.29, 1.82) is 0 Å². The molecule has 1 fully saturated rings. The minimum Gasteiger partial charge on any atom is -0.361 e. The van der Waals surface area contributed by atoms with Crippen molar-refractivity contribution in [3.63, 3.8) is 0 Å². The molecule has 1 aliphatic rings. The summed E-state index contributed by atoms with van der Waals surface area (Å²) in [5.41, 5.74) is 0. The molecule has 0 aliphatic carbocycles. The molecule has 0 aromatic carbocycles. The summed E-state index contributed by atoms with van der Waals surface area (Å²) in [4.78, 5) is 2.08. The summed E-state index contributed by atoms with van der Waals surface area (Å²) in [5, 5.41) is 6.80. The third-order valence-corrected chi connectivity index (χ3v) is 2.13. The summed E-state index contributed by atoms with van der Waals surface area (Å²) in [5.74, 6) is 5.05. The van der Waals surface area contributed by atoms with E-state index in [2.05, 4.69) is 15.3 Å². The molecule has 0 atom stereocenters. The van der Waals surface area contributed by atoms with Crippen molar-refractivity contribution in [3.8, 4) is 0 Å². The van der Waals surface area contributed by atoms with Gasteiger partial charge in [0.25, 0.3) is 0 Å². The summed E-state index contributed by atoms with van der Waals surface area (Å²) < 4.78 is 0. The zero-order chi connectivity index (χ0) is 8.10. The monoisotopic (exact) mass is 156 g/mol. The molecule has 0 bridgehead atoms. The third kappa shape index (κ3) is 2.38. The Morgan fingerprint density at radius 3 is 2.73 bits per heavy atom. The summed E-state index contributed by atoms with van der Waals surface area (Å²) in [6, 6.07) is 0.614. The molecule has 0 radical (unpaired) electrons. The van der Waals surface area contributed by atoms with Crippen LogP contribution in [-0.2, 0) is 0 Å². The highest BCUT2D eigenvalue weighted by atomic mass is 15.2. The van der Waals surface area contributed by atoms with Crippen LogP contribution in [0.4, 0.5) is 0 Å². The van der Waals surface area contributed by atoms with E-state index in [1.165, 1.54) is 12.8 Å². The summed E-state index contributed by atoms with van der Waals surface area (Å²) in [7, 11) is 2.02. The van der Waals surface area contributed by atoms with E-state index in [1.54, 1.807) is 6.34 Å². The Labute approximate surface area is 67.4 Å². The van der Waals surface area contributed by atoms with Crippen LogP contribution in [0.2, 0.25) is 0 Å². The van der Waals surface area contributed by atoms with Gasteiger partial charge in [-0.05, 0) is 25.9 Å². The lowest BCUT2D eigenvalue weighted by molar-refractivity contribution is 0.295. The molecule has 0 spiro atoms. The molecule has 64 valence electrons. The Bertz CT molecular complexity index is 128. The molecule has 3 N–H and O–H groups in total. The van der Waals surface area contributed by atoms with Gasteiger partial charge in [-0.1, -0.05) is 0 Å². The van der Waals surface area contributed by atoms with Crippen LogP contribution < -0.4 is 11.2 Å². The lowest BCUT2D eigenvalue weighted by Crippen LogP contribution is -2.40. The van der Waals surface area contributed by atoms with Crippen LogP contribution in [0.15, 0.2) is 5.10 Å². The first-order chi connectivity index (χ1) is 5.34. The zero-order valence-electron chi connectivity index (χ0n) is 6.95. The van der Waals surface area contributed by atoms with Crippen molar-refractivity contribution in [2.75, 3.05) is 20.1 Å². The molecular formula is C7H16N4. The van der Waals surface area contributed by atoms with Crippen molar-refractivity contribution in [3.05, 3.63) is 0 Å². The lowest BCUT2D eigenvalue weighted by Gasteiger charge is -2.29. The van der Waals surface area contributed by atoms with Crippen molar-refractivity contribution >= 4 is 6.34 Å². The third-order valence-electron chi connectivity index (χ3n) is 2.13. The van der Waals surface area contributed by atoms with E-state index >= 15 is 0 Å². The maximum absolute atomic E-state index is 5.05. The second-order valence-corrected chi connectivity index (χ2v) is 2.91. The highest BCUT2D eigenvalue weighted by molar-refractivity contribution is 5.54. The largest absolute Gasteiger partial charge is 0.361 e. The Balaban J connectivity index is 2.32. The van der Waals surface area contributed by atoms with Gasteiger partial charge in [0, 0.05) is 13.1 Å². The number of hydrazone groups is 1. The molecule has 1 aliphatic heterocycles. The normalized spacial score (nSPS) is 20.8. The fourth-order valence-corrected chi connectivity index (χ4v) is 1.41. The van der Waals surface area contributed by atoms with Gasteiger partial charge >= 0.3 is 0 Å². The topological polar surface area (TPSA) is 53.6 Å². The molecule has 4 heteroatoms. The molecule has 0 amide bonds. The number of hydrogen-bond donors (Lipinski definition) is 2. The van der Waals surface area contributed by atoms with E-state index in [0.29, 0.717) is 6.04 Å². The first-order valence-electron chi connectivity index (χ1n) is 4.00. The molecule has 0 aromatic rings. The molecule has 4 nitrogen and oxygen atoms in total.